The van der Waals surface area contributed by atoms with Crippen LogP contribution >= 0.6 is 28.1 Å². The second kappa shape index (κ2) is 8.13. The predicted molar refractivity (Wildman–Crippen MR) is 133 cm³/mol. The molecule has 2 heterocycles. The Hall–Kier alpha value is -3.22. The smallest absolute Gasteiger partial charge is 0.281 e. The molecule has 1 aliphatic rings. The topological polar surface area (TPSA) is 37.3 Å². The number of nitrogens with one attached hydrogen (secondary N) is 1. The molecule has 3 aromatic carbocycles. The van der Waals surface area contributed by atoms with Gasteiger partial charge in [-0.3, -0.25) is 9.69 Å². The number of benzene rings is 3. The van der Waals surface area contributed by atoms with Crippen LogP contribution in [0.15, 0.2) is 95.2 Å². The minimum absolute atomic E-state index is 0.157. The first-order chi connectivity index (χ1) is 15.1. The largest absolute Gasteiger partial charge is 0.342 e. The summed E-state index contributed by atoms with van der Waals surface area (Å²) in [5.41, 5.74) is 4.50. The Balaban J connectivity index is 1.56. The van der Waals surface area contributed by atoms with E-state index in [-0.39, 0.29) is 5.91 Å². The highest BCUT2D eigenvalue weighted by atomic mass is 79.9. The van der Waals surface area contributed by atoms with Gasteiger partial charge in [-0.1, -0.05) is 64.5 Å². The van der Waals surface area contributed by atoms with Gasteiger partial charge in [0.05, 0.1) is 5.69 Å². The number of halogens is 1. The lowest BCUT2D eigenvalue weighted by atomic mass is 10.1. The highest BCUT2D eigenvalue weighted by Gasteiger charge is 2.32. The Morgan fingerprint density at radius 2 is 1.68 bits per heavy atom. The van der Waals surface area contributed by atoms with E-state index in [0.717, 1.165) is 33.2 Å². The third-order valence-corrected chi connectivity index (χ3v) is 6.04. The summed E-state index contributed by atoms with van der Waals surface area (Å²) in [6, 6.07) is 26.0. The summed E-state index contributed by atoms with van der Waals surface area (Å²) < 4.78 is 3.19. The van der Waals surface area contributed by atoms with Gasteiger partial charge in [-0.05, 0) is 54.2 Å². The van der Waals surface area contributed by atoms with Gasteiger partial charge >= 0.3 is 0 Å². The second-order valence-corrected chi connectivity index (χ2v) is 8.63. The van der Waals surface area contributed by atoms with E-state index in [9.17, 15) is 4.79 Å². The van der Waals surface area contributed by atoms with Gasteiger partial charge in [-0.25, -0.2) is 0 Å². The molecule has 1 N–H and O–H groups in total. The minimum Gasteiger partial charge on any atom is -0.342 e. The Kier molecular flexibility index (Phi) is 5.18. The Bertz CT molecular complexity index is 1330. The number of thiocarbonyl (C=S) groups is 1. The van der Waals surface area contributed by atoms with Crippen LogP contribution in [0.4, 0.5) is 5.69 Å². The lowest BCUT2D eigenvalue weighted by molar-refractivity contribution is -0.113. The molecule has 0 radical (unpaired) electrons. The van der Waals surface area contributed by atoms with Crippen LogP contribution in [0, 0.1) is 0 Å². The third kappa shape index (κ3) is 3.80. The van der Waals surface area contributed by atoms with Crippen LogP contribution in [0.25, 0.3) is 17.0 Å². The van der Waals surface area contributed by atoms with Crippen molar-refractivity contribution in [2.75, 3.05) is 4.90 Å². The molecule has 0 unspecified atom stereocenters. The van der Waals surface area contributed by atoms with Crippen LogP contribution in [-0.2, 0) is 11.3 Å². The minimum atomic E-state index is -0.157. The Morgan fingerprint density at radius 1 is 0.968 bits per heavy atom. The van der Waals surface area contributed by atoms with Crippen molar-refractivity contribution in [1.82, 2.24) is 9.88 Å². The molecule has 0 atom stereocenters. The number of aromatic nitrogens is 1. The van der Waals surface area contributed by atoms with Crippen molar-refractivity contribution in [1.29, 1.82) is 0 Å². The molecule has 5 rings (SSSR count). The second-order valence-electron chi connectivity index (χ2n) is 7.32. The molecule has 1 amide bonds. The zero-order valence-corrected chi connectivity index (χ0v) is 18.9. The molecule has 1 saturated heterocycles. The predicted octanol–water partition coefficient (Wildman–Crippen LogP) is 5.71. The Labute approximate surface area is 193 Å². The molecule has 6 heteroatoms. The monoisotopic (exact) mass is 487 g/mol. The number of para-hydroxylation sites is 1. The summed E-state index contributed by atoms with van der Waals surface area (Å²) in [5, 5.41) is 4.54. The summed E-state index contributed by atoms with van der Waals surface area (Å²) in [6.07, 6.45) is 3.97. The van der Waals surface area contributed by atoms with Gasteiger partial charge < -0.3 is 9.88 Å². The van der Waals surface area contributed by atoms with Gasteiger partial charge in [0.15, 0.2) is 5.11 Å². The van der Waals surface area contributed by atoms with E-state index in [1.807, 2.05) is 60.7 Å². The standard InChI is InChI=1S/C25H18BrN3OS/c26-19-11-12-23-21(14-19)18(16-28(23)15-17-7-3-1-4-8-17)13-22-24(30)29(25(31)27-22)20-9-5-2-6-10-20/h1-14,16H,15H2,(H,27,31). The summed E-state index contributed by atoms with van der Waals surface area (Å²) >= 11 is 9.02. The summed E-state index contributed by atoms with van der Waals surface area (Å²) in [7, 11) is 0. The number of anilines is 1. The number of fused-ring (bicyclic) bond motifs is 1. The first-order valence-corrected chi connectivity index (χ1v) is 11.0. The van der Waals surface area contributed by atoms with Gasteiger partial charge in [0, 0.05) is 33.7 Å². The summed E-state index contributed by atoms with van der Waals surface area (Å²) in [4.78, 5) is 14.6. The zero-order valence-electron chi connectivity index (χ0n) is 16.5. The fourth-order valence-electron chi connectivity index (χ4n) is 3.83. The maximum absolute atomic E-state index is 13.1. The zero-order chi connectivity index (χ0) is 21.4. The highest BCUT2D eigenvalue weighted by molar-refractivity contribution is 9.10. The number of hydrogen-bond donors (Lipinski definition) is 1. The van der Waals surface area contributed by atoms with Gasteiger partial charge in [0.1, 0.15) is 5.70 Å². The normalized spacial score (nSPS) is 15.1. The molecular formula is C25H18BrN3OS. The van der Waals surface area contributed by atoms with Crippen LogP contribution in [0.2, 0.25) is 0 Å². The molecule has 0 aliphatic carbocycles. The van der Waals surface area contributed by atoms with Crippen LogP contribution in [0.3, 0.4) is 0 Å². The van der Waals surface area contributed by atoms with Gasteiger partial charge in [0.25, 0.3) is 5.91 Å². The van der Waals surface area contributed by atoms with Gasteiger partial charge in [-0.2, -0.15) is 0 Å². The van der Waals surface area contributed by atoms with E-state index >= 15 is 0 Å². The number of hydrogen-bond acceptors (Lipinski definition) is 2. The average Bonchev–Trinajstić information content (AvgIpc) is 3.25. The van der Waals surface area contributed by atoms with E-state index in [0.29, 0.717) is 10.8 Å². The molecule has 0 saturated carbocycles. The number of rotatable bonds is 4. The van der Waals surface area contributed by atoms with Crippen molar-refractivity contribution in [3.8, 4) is 0 Å². The maximum atomic E-state index is 13.1. The molecule has 4 nitrogen and oxygen atoms in total. The van der Waals surface area contributed by atoms with Crippen molar-refractivity contribution in [3.63, 3.8) is 0 Å². The fraction of sp³-hybridized carbons (Fsp3) is 0.0400. The number of carbonyl (C=O) groups excluding carboxylic acids is 1. The number of nitrogens with zero attached hydrogens (tertiary/aromatic N) is 2. The fourth-order valence-corrected chi connectivity index (χ4v) is 4.48. The molecule has 4 aromatic rings. The maximum Gasteiger partial charge on any atom is 0.281 e. The van der Waals surface area contributed by atoms with Gasteiger partial charge in [-0.15, -0.1) is 0 Å². The Morgan fingerprint density at radius 3 is 2.42 bits per heavy atom. The number of amides is 1. The highest BCUT2D eigenvalue weighted by Crippen LogP contribution is 2.29. The van der Waals surface area contributed by atoms with Crippen molar-refractivity contribution in [2.45, 2.75) is 6.54 Å². The van der Waals surface area contributed by atoms with E-state index in [2.05, 4.69) is 56.3 Å². The van der Waals surface area contributed by atoms with E-state index in [1.165, 1.54) is 10.5 Å². The van der Waals surface area contributed by atoms with E-state index in [4.69, 9.17) is 12.2 Å². The molecule has 1 aromatic heterocycles. The van der Waals surface area contributed by atoms with Crippen molar-refractivity contribution >= 4 is 61.8 Å². The van der Waals surface area contributed by atoms with Crippen molar-refractivity contribution in [2.24, 2.45) is 0 Å². The third-order valence-electron chi connectivity index (χ3n) is 5.26. The van der Waals surface area contributed by atoms with Crippen molar-refractivity contribution in [3.05, 3.63) is 106 Å². The van der Waals surface area contributed by atoms with Crippen molar-refractivity contribution < 1.29 is 4.79 Å². The lowest BCUT2D eigenvalue weighted by Gasteiger charge is -2.13. The molecule has 31 heavy (non-hydrogen) atoms. The van der Waals surface area contributed by atoms with Crippen LogP contribution < -0.4 is 10.2 Å². The van der Waals surface area contributed by atoms with E-state index < -0.39 is 0 Å². The molecule has 1 fully saturated rings. The van der Waals surface area contributed by atoms with Crippen LogP contribution in [-0.4, -0.2) is 15.6 Å². The van der Waals surface area contributed by atoms with Gasteiger partial charge in [0.2, 0.25) is 0 Å². The molecule has 1 aliphatic heterocycles. The summed E-state index contributed by atoms with van der Waals surface area (Å²) in [6.45, 7) is 0.748. The first kappa shape index (κ1) is 19.7. The first-order valence-electron chi connectivity index (χ1n) is 9.85. The molecular weight excluding hydrogens is 470 g/mol. The SMILES string of the molecule is O=C1C(=Cc2cn(Cc3ccccc3)c3ccc(Br)cc23)NC(=S)N1c1ccccc1. The number of carbonyl (C=O) groups is 1. The average molecular weight is 488 g/mol. The van der Waals surface area contributed by atoms with Crippen LogP contribution in [0.5, 0.6) is 0 Å². The molecule has 152 valence electrons. The molecule has 0 spiro atoms. The van der Waals surface area contributed by atoms with E-state index in [1.54, 1.807) is 0 Å². The molecule has 0 bridgehead atoms. The lowest BCUT2D eigenvalue weighted by Crippen LogP contribution is -2.30. The quantitative estimate of drug-likeness (QED) is 0.295. The van der Waals surface area contributed by atoms with Crippen LogP contribution in [0.1, 0.15) is 11.1 Å². The summed E-state index contributed by atoms with van der Waals surface area (Å²) in [5.74, 6) is -0.157.